The minimum atomic E-state index is -0.146. The molecule has 2 nitrogen and oxygen atoms in total. The molecule has 0 aliphatic heterocycles. The molecule has 0 radical (unpaired) electrons. The summed E-state index contributed by atoms with van der Waals surface area (Å²) in [6, 6.07) is 53.8. The second kappa shape index (κ2) is 8.74. The number of rotatable bonds is 2. The Kier molecular flexibility index (Phi) is 4.82. The van der Waals surface area contributed by atoms with Gasteiger partial charge in [-0.2, -0.15) is 0 Å². The molecule has 0 spiro atoms. The van der Waals surface area contributed by atoms with E-state index in [1.165, 1.54) is 88.0 Å². The van der Waals surface area contributed by atoms with Crippen LogP contribution in [0.3, 0.4) is 0 Å². The van der Waals surface area contributed by atoms with Crippen molar-refractivity contribution < 1.29 is 0 Å². The number of fused-ring (bicyclic) bond motifs is 11. The summed E-state index contributed by atoms with van der Waals surface area (Å²) in [6.45, 7) is 4.79. The van der Waals surface area contributed by atoms with E-state index < -0.39 is 0 Å². The molecule has 0 fully saturated rings. The van der Waals surface area contributed by atoms with Crippen molar-refractivity contribution in [2.45, 2.75) is 19.3 Å². The van der Waals surface area contributed by atoms with Crippen LogP contribution in [0, 0.1) is 0 Å². The van der Waals surface area contributed by atoms with Crippen molar-refractivity contribution in [3.63, 3.8) is 0 Å². The standard InChI is InChI=1S/C43H30N2/c1-43(2)37-26-29(45-40-17-9-5-13-34(40)35-14-6-10-18-41(35)45)21-24-31(37)36-22-19-27-25-28(20-23-30(27)42(36)43)44-38-15-7-3-11-32(38)33-12-4-8-16-39(33)44/h3-26H,1-2H3. The molecule has 7 aromatic carbocycles. The lowest BCUT2D eigenvalue weighted by Crippen LogP contribution is -2.16. The van der Waals surface area contributed by atoms with E-state index in [1.54, 1.807) is 0 Å². The van der Waals surface area contributed by atoms with Crippen LogP contribution in [0.25, 0.3) is 76.9 Å². The second-order valence-electron chi connectivity index (χ2n) is 13.0. The van der Waals surface area contributed by atoms with Gasteiger partial charge in [-0.15, -0.1) is 0 Å². The highest BCUT2D eigenvalue weighted by Crippen LogP contribution is 2.52. The Morgan fingerprint density at radius 2 is 0.844 bits per heavy atom. The van der Waals surface area contributed by atoms with Gasteiger partial charge in [0.25, 0.3) is 0 Å². The van der Waals surface area contributed by atoms with E-state index >= 15 is 0 Å². The molecule has 1 aliphatic rings. The largest absolute Gasteiger partial charge is 0.309 e. The molecule has 2 heteroatoms. The molecule has 0 unspecified atom stereocenters. The minimum absolute atomic E-state index is 0.146. The third-order valence-electron chi connectivity index (χ3n) is 10.3. The summed E-state index contributed by atoms with van der Waals surface area (Å²) in [5.74, 6) is 0. The highest BCUT2D eigenvalue weighted by molar-refractivity contribution is 6.10. The molecule has 0 atom stereocenters. The van der Waals surface area contributed by atoms with Crippen molar-refractivity contribution in [1.29, 1.82) is 0 Å². The zero-order valence-electron chi connectivity index (χ0n) is 25.3. The number of para-hydroxylation sites is 4. The molecular formula is C43H30N2. The highest BCUT2D eigenvalue weighted by Gasteiger charge is 2.37. The lowest BCUT2D eigenvalue weighted by molar-refractivity contribution is 0.665. The number of hydrogen-bond acceptors (Lipinski definition) is 0. The third kappa shape index (κ3) is 3.24. The maximum Gasteiger partial charge on any atom is 0.0541 e. The molecule has 1 aliphatic carbocycles. The van der Waals surface area contributed by atoms with E-state index in [-0.39, 0.29) is 5.41 Å². The van der Waals surface area contributed by atoms with Crippen LogP contribution < -0.4 is 0 Å². The summed E-state index contributed by atoms with van der Waals surface area (Å²) >= 11 is 0. The maximum absolute atomic E-state index is 2.44. The van der Waals surface area contributed by atoms with Crippen LogP contribution in [-0.4, -0.2) is 9.13 Å². The smallest absolute Gasteiger partial charge is 0.0541 e. The van der Waals surface area contributed by atoms with Gasteiger partial charge in [-0.25, -0.2) is 0 Å². The molecule has 45 heavy (non-hydrogen) atoms. The summed E-state index contributed by atoms with van der Waals surface area (Å²) in [5, 5.41) is 7.77. The number of hydrogen-bond donors (Lipinski definition) is 0. The first kappa shape index (κ1) is 24.8. The Labute approximate surface area is 261 Å². The van der Waals surface area contributed by atoms with Crippen LogP contribution in [0.4, 0.5) is 0 Å². The molecule has 0 amide bonds. The first-order valence-electron chi connectivity index (χ1n) is 15.8. The molecule has 0 saturated heterocycles. The Balaban J connectivity index is 1.16. The third-order valence-corrected chi connectivity index (χ3v) is 10.3. The summed E-state index contributed by atoms with van der Waals surface area (Å²) in [7, 11) is 0. The van der Waals surface area contributed by atoms with Gasteiger partial charge >= 0.3 is 0 Å². The van der Waals surface area contributed by atoms with Gasteiger partial charge in [-0.05, 0) is 81.6 Å². The zero-order chi connectivity index (χ0) is 29.9. The van der Waals surface area contributed by atoms with E-state index in [4.69, 9.17) is 0 Å². The SMILES string of the molecule is CC1(C)c2cc(-n3c4ccccc4c4ccccc43)ccc2-c2ccc3cc(-n4c5ccccc5c5ccccc54)ccc3c21. The topological polar surface area (TPSA) is 9.86 Å². The molecule has 0 bridgehead atoms. The van der Waals surface area contributed by atoms with Gasteiger partial charge in [-0.1, -0.05) is 111 Å². The monoisotopic (exact) mass is 574 g/mol. The van der Waals surface area contributed by atoms with Crippen LogP contribution in [0.1, 0.15) is 25.0 Å². The van der Waals surface area contributed by atoms with E-state index in [9.17, 15) is 0 Å². The average Bonchev–Trinajstić information content (AvgIpc) is 3.68. The van der Waals surface area contributed by atoms with E-state index in [0.29, 0.717) is 0 Å². The van der Waals surface area contributed by atoms with Crippen LogP contribution >= 0.6 is 0 Å². The van der Waals surface area contributed by atoms with Crippen LogP contribution in [0.2, 0.25) is 0 Å². The van der Waals surface area contributed by atoms with Crippen LogP contribution in [0.15, 0.2) is 146 Å². The average molecular weight is 575 g/mol. The molecule has 9 aromatic rings. The van der Waals surface area contributed by atoms with Crippen molar-refractivity contribution in [3.05, 3.63) is 157 Å². The molecular weight excluding hydrogens is 544 g/mol. The molecule has 2 heterocycles. The number of aromatic nitrogens is 2. The van der Waals surface area contributed by atoms with Crippen LogP contribution in [-0.2, 0) is 5.41 Å². The quantitative estimate of drug-likeness (QED) is 0.194. The fraction of sp³-hybridized carbons (Fsp3) is 0.0698. The first-order chi connectivity index (χ1) is 22.1. The Hall–Kier alpha value is -5.60. The van der Waals surface area contributed by atoms with Gasteiger partial charge in [0, 0.05) is 38.3 Å². The first-order valence-corrected chi connectivity index (χ1v) is 15.8. The predicted molar refractivity (Wildman–Crippen MR) is 190 cm³/mol. The van der Waals surface area contributed by atoms with Crippen molar-refractivity contribution in [3.8, 4) is 22.5 Å². The molecule has 0 N–H and O–H groups in total. The summed E-state index contributed by atoms with van der Waals surface area (Å²) in [4.78, 5) is 0. The van der Waals surface area contributed by atoms with E-state index in [0.717, 1.165) is 0 Å². The van der Waals surface area contributed by atoms with Crippen molar-refractivity contribution in [2.24, 2.45) is 0 Å². The molecule has 0 saturated carbocycles. The van der Waals surface area contributed by atoms with Gasteiger partial charge in [0.2, 0.25) is 0 Å². The highest BCUT2D eigenvalue weighted by atomic mass is 15.0. The van der Waals surface area contributed by atoms with Crippen molar-refractivity contribution in [1.82, 2.24) is 9.13 Å². The predicted octanol–water partition coefficient (Wildman–Crippen LogP) is 11.3. The van der Waals surface area contributed by atoms with Gasteiger partial charge in [-0.3, -0.25) is 0 Å². The zero-order valence-corrected chi connectivity index (χ0v) is 25.3. The lowest BCUT2D eigenvalue weighted by atomic mass is 9.80. The Morgan fingerprint density at radius 3 is 1.38 bits per heavy atom. The van der Waals surface area contributed by atoms with Crippen molar-refractivity contribution >= 4 is 54.4 Å². The van der Waals surface area contributed by atoms with Gasteiger partial charge in [0.1, 0.15) is 0 Å². The Bertz CT molecular complexity index is 2570. The summed E-state index contributed by atoms with van der Waals surface area (Å²) in [6.07, 6.45) is 0. The van der Waals surface area contributed by atoms with E-state index in [1.807, 2.05) is 0 Å². The van der Waals surface area contributed by atoms with Crippen molar-refractivity contribution in [2.75, 3.05) is 0 Å². The second-order valence-corrected chi connectivity index (χ2v) is 13.0. The molecule has 212 valence electrons. The minimum Gasteiger partial charge on any atom is -0.309 e. The van der Waals surface area contributed by atoms with Crippen LogP contribution in [0.5, 0.6) is 0 Å². The van der Waals surface area contributed by atoms with Gasteiger partial charge in [0.05, 0.1) is 22.1 Å². The summed E-state index contributed by atoms with van der Waals surface area (Å²) < 4.78 is 4.84. The lowest BCUT2D eigenvalue weighted by Gasteiger charge is -2.24. The van der Waals surface area contributed by atoms with Gasteiger partial charge in [0.15, 0.2) is 0 Å². The fourth-order valence-electron chi connectivity index (χ4n) is 8.31. The summed E-state index contributed by atoms with van der Waals surface area (Å²) in [5.41, 5.74) is 12.7. The normalized spacial score (nSPS) is 13.7. The maximum atomic E-state index is 2.44. The Morgan fingerprint density at radius 1 is 0.400 bits per heavy atom. The number of nitrogens with zero attached hydrogens (tertiary/aromatic N) is 2. The van der Waals surface area contributed by atoms with Gasteiger partial charge < -0.3 is 9.13 Å². The molecule has 2 aromatic heterocycles. The molecule has 10 rings (SSSR count). The fourth-order valence-corrected chi connectivity index (χ4v) is 8.31. The van der Waals surface area contributed by atoms with E-state index in [2.05, 4.69) is 169 Å². The number of benzene rings is 7.